The monoisotopic (exact) mass is 335 g/mol. The Kier molecular flexibility index (Phi) is 6.33. The van der Waals surface area contributed by atoms with Crippen LogP contribution in [0.5, 0.6) is 5.75 Å². The number of nitrogens with zero attached hydrogens (tertiary/aromatic N) is 1. The fourth-order valence-electron chi connectivity index (χ4n) is 2.07. The minimum atomic E-state index is -0.201. The van der Waals surface area contributed by atoms with Crippen molar-refractivity contribution >= 4 is 23.0 Å². The number of hydrogen-bond donors (Lipinski definition) is 2. The second kappa shape index (κ2) is 8.24. The number of aliphatic imine (C=N–C) groups is 1. The standard InChI is InChI=1S/C17H25N3O2S/c1-17(2,3)13-5-7-14(8-6-13)22-11-4-9-18-15(21)20-16-19-10-12-23-16/h5-8H,4,9-12H2,1-3H3,(H2,18,19,20,21). The van der Waals surface area contributed by atoms with E-state index in [0.29, 0.717) is 18.3 Å². The summed E-state index contributed by atoms with van der Waals surface area (Å²) >= 11 is 1.57. The van der Waals surface area contributed by atoms with Gasteiger partial charge in [-0.25, -0.2) is 4.79 Å². The van der Waals surface area contributed by atoms with Crippen LogP contribution in [-0.4, -0.2) is 36.6 Å². The highest BCUT2D eigenvalue weighted by molar-refractivity contribution is 8.14. The Balaban J connectivity index is 1.61. The molecule has 0 radical (unpaired) electrons. The number of urea groups is 1. The number of rotatable bonds is 5. The van der Waals surface area contributed by atoms with E-state index >= 15 is 0 Å². The van der Waals surface area contributed by atoms with E-state index in [1.165, 1.54) is 5.56 Å². The van der Waals surface area contributed by atoms with Crippen molar-refractivity contribution < 1.29 is 9.53 Å². The summed E-state index contributed by atoms with van der Waals surface area (Å²) in [6.07, 6.45) is 0.758. The van der Waals surface area contributed by atoms with Gasteiger partial charge in [-0.2, -0.15) is 0 Å². The molecule has 0 saturated carbocycles. The number of hydrogen-bond acceptors (Lipinski definition) is 4. The molecule has 0 saturated heterocycles. The van der Waals surface area contributed by atoms with Crippen LogP contribution in [0.1, 0.15) is 32.8 Å². The summed E-state index contributed by atoms with van der Waals surface area (Å²) in [5.74, 6) is 1.80. The van der Waals surface area contributed by atoms with Gasteiger partial charge in [0, 0.05) is 12.3 Å². The van der Waals surface area contributed by atoms with Gasteiger partial charge in [0.1, 0.15) is 5.75 Å². The average molecular weight is 335 g/mol. The van der Waals surface area contributed by atoms with Crippen LogP contribution in [0.2, 0.25) is 0 Å². The number of carbonyl (C=O) groups is 1. The van der Waals surface area contributed by atoms with Gasteiger partial charge < -0.3 is 10.1 Å². The van der Waals surface area contributed by atoms with Crippen molar-refractivity contribution in [2.24, 2.45) is 4.99 Å². The number of benzene rings is 1. The highest BCUT2D eigenvalue weighted by atomic mass is 32.2. The Bertz CT molecular complexity index is 550. The molecule has 1 aromatic rings. The molecule has 2 N–H and O–H groups in total. The molecule has 2 amide bonds. The fourth-order valence-corrected chi connectivity index (χ4v) is 2.79. The Labute approximate surface area is 142 Å². The topological polar surface area (TPSA) is 62.7 Å². The molecule has 2 rings (SSSR count). The lowest BCUT2D eigenvalue weighted by Gasteiger charge is -2.19. The summed E-state index contributed by atoms with van der Waals surface area (Å²) in [5.41, 5.74) is 1.44. The van der Waals surface area contributed by atoms with Gasteiger partial charge in [0.2, 0.25) is 0 Å². The van der Waals surface area contributed by atoms with Crippen LogP contribution >= 0.6 is 11.8 Å². The zero-order valence-electron chi connectivity index (χ0n) is 14.0. The third kappa shape index (κ3) is 6.14. The van der Waals surface area contributed by atoms with Gasteiger partial charge in [0.15, 0.2) is 5.17 Å². The van der Waals surface area contributed by atoms with Gasteiger partial charge in [-0.05, 0) is 29.5 Å². The lowest BCUT2D eigenvalue weighted by atomic mass is 9.87. The summed E-state index contributed by atoms with van der Waals surface area (Å²) in [6, 6.07) is 7.99. The summed E-state index contributed by atoms with van der Waals surface area (Å²) < 4.78 is 5.69. The van der Waals surface area contributed by atoms with Gasteiger partial charge in [0.25, 0.3) is 0 Å². The minimum absolute atomic E-state index is 0.151. The number of thioether (sulfide) groups is 1. The van der Waals surface area contributed by atoms with E-state index in [-0.39, 0.29) is 11.4 Å². The van der Waals surface area contributed by atoms with Crippen molar-refractivity contribution in [3.63, 3.8) is 0 Å². The first-order chi connectivity index (χ1) is 10.9. The van der Waals surface area contributed by atoms with Crippen LogP contribution in [0, 0.1) is 0 Å². The average Bonchev–Trinajstić information content (AvgIpc) is 2.99. The first kappa shape index (κ1) is 17.7. The van der Waals surface area contributed by atoms with Gasteiger partial charge in [-0.15, -0.1) is 0 Å². The SMILES string of the molecule is CC(C)(C)c1ccc(OCCCNC(=O)NC2=NCCS2)cc1. The third-order valence-electron chi connectivity index (χ3n) is 3.40. The summed E-state index contributed by atoms with van der Waals surface area (Å²) in [7, 11) is 0. The molecule has 6 heteroatoms. The minimum Gasteiger partial charge on any atom is -0.494 e. The van der Waals surface area contributed by atoms with Gasteiger partial charge in [-0.1, -0.05) is 44.7 Å². The maximum atomic E-state index is 11.6. The molecule has 0 atom stereocenters. The van der Waals surface area contributed by atoms with Gasteiger partial charge >= 0.3 is 6.03 Å². The fraction of sp³-hybridized carbons (Fsp3) is 0.529. The number of amidine groups is 1. The van der Waals surface area contributed by atoms with E-state index in [1.54, 1.807) is 11.8 Å². The number of amides is 2. The second-order valence-electron chi connectivity index (χ2n) is 6.39. The normalized spacial score (nSPS) is 14.3. The smallest absolute Gasteiger partial charge is 0.320 e. The van der Waals surface area contributed by atoms with Crippen LogP contribution < -0.4 is 15.4 Å². The van der Waals surface area contributed by atoms with Crippen LogP contribution in [0.15, 0.2) is 29.3 Å². The van der Waals surface area contributed by atoms with E-state index < -0.39 is 0 Å². The zero-order valence-corrected chi connectivity index (χ0v) is 14.8. The molecule has 1 aliphatic heterocycles. The van der Waals surface area contributed by atoms with Gasteiger partial charge in [0.05, 0.1) is 13.2 Å². The Hall–Kier alpha value is -1.69. The lowest BCUT2D eigenvalue weighted by Crippen LogP contribution is -2.38. The molecule has 0 aromatic heterocycles. The molecule has 1 aliphatic rings. The molecular weight excluding hydrogens is 310 g/mol. The summed E-state index contributed by atoms with van der Waals surface area (Å²) in [4.78, 5) is 15.8. The maximum absolute atomic E-state index is 11.6. The summed E-state index contributed by atoms with van der Waals surface area (Å²) in [6.45, 7) is 8.50. The highest BCUT2D eigenvalue weighted by Gasteiger charge is 2.13. The Morgan fingerprint density at radius 1 is 1.30 bits per heavy atom. The molecule has 0 bridgehead atoms. The number of ether oxygens (including phenoxy) is 1. The Morgan fingerprint density at radius 3 is 2.65 bits per heavy atom. The van der Waals surface area contributed by atoms with E-state index in [9.17, 15) is 4.79 Å². The zero-order chi connectivity index (χ0) is 16.7. The second-order valence-corrected chi connectivity index (χ2v) is 7.48. The van der Waals surface area contributed by atoms with Crippen LogP contribution in [0.4, 0.5) is 4.79 Å². The van der Waals surface area contributed by atoms with Crippen molar-refractivity contribution in [1.29, 1.82) is 0 Å². The molecule has 0 unspecified atom stereocenters. The molecule has 1 aromatic carbocycles. The van der Waals surface area contributed by atoms with Crippen molar-refractivity contribution in [3.05, 3.63) is 29.8 Å². The molecule has 5 nitrogen and oxygen atoms in total. The van der Waals surface area contributed by atoms with E-state index in [2.05, 4.69) is 48.5 Å². The molecule has 126 valence electrons. The number of carbonyl (C=O) groups excluding carboxylic acids is 1. The Morgan fingerprint density at radius 2 is 2.04 bits per heavy atom. The highest BCUT2D eigenvalue weighted by Crippen LogP contribution is 2.24. The molecule has 0 aliphatic carbocycles. The van der Waals surface area contributed by atoms with Crippen molar-refractivity contribution in [1.82, 2.24) is 10.6 Å². The van der Waals surface area contributed by atoms with Crippen LogP contribution in [-0.2, 0) is 5.41 Å². The largest absolute Gasteiger partial charge is 0.494 e. The predicted molar refractivity (Wildman–Crippen MR) is 96.5 cm³/mol. The van der Waals surface area contributed by atoms with Crippen molar-refractivity contribution in [2.75, 3.05) is 25.4 Å². The summed E-state index contributed by atoms with van der Waals surface area (Å²) in [5, 5.41) is 6.24. The molecular formula is C17H25N3O2S. The maximum Gasteiger partial charge on any atom is 0.320 e. The van der Waals surface area contributed by atoms with E-state index in [4.69, 9.17) is 4.74 Å². The quantitative estimate of drug-likeness (QED) is 0.813. The van der Waals surface area contributed by atoms with Gasteiger partial charge in [-0.3, -0.25) is 10.3 Å². The first-order valence-electron chi connectivity index (χ1n) is 7.90. The van der Waals surface area contributed by atoms with Crippen molar-refractivity contribution in [2.45, 2.75) is 32.6 Å². The molecule has 1 heterocycles. The number of nitrogens with one attached hydrogen (secondary N) is 2. The molecule has 0 spiro atoms. The lowest BCUT2D eigenvalue weighted by molar-refractivity contribution is 0.243. The van der Waals surface area contributed by atoms with Crippen LogP contribution in [0.3, 0.4) is 0 Å². The van der Waals surface area contributed by atoms with Crippen molar-refractivity contribution in [3.8, 4) is 5.75 Å². The first-order valence-corrected chi connectivity index (χ1v) is 8.89. The van der Waals surface area contributed by atoms with Crippen LogP contribution in [0.25, 0.3) is 0 Å². The molecule has 0 fully saturated rings. The molecule has 23 heavy (non-hydrogen) atoms. The third-order valence-corrected chi connectivity index (χ3v) is 4.29. The van der Waals surface area contributed by atoms with E-state index in [0.717, 1.165) is 24.5 Å². The van der Waals surface area contributed by atoms with E-state index in [1.807, 2.05) is 12.1 Å². The predicted octanol–water partition coefficient (Wildman–Crippen LogP) is 3.16.